The molecular weight excluding hydrogens is 190 g/mol. The Labute approximate surface area is 90.3 Å². The lowest BCUT2D eigenvalue weighted by atomic mass is 10.3. The van der Waals surface area contributed by atoms with Crippen molar-refractivity contribution in [2.45, 2.75) is 13.0 Å². The van der Waals surface area contributed by atoms with Crippen LogP contribution in [0.4, 0.5) is 11.5 Å². The number of nitrogens with zero attached hydrogens (tertiary/aromatic N) is 2. The molecule has 82 valence electrons. The summed E-state index contributed by atoms with van der Waals surface area (Å²) in [5, 5.41) is 3.06. The molecule has 0 bridgehead atoms. The highest BCUT2D eigenvalue weighted by Gasteiger charge is 2.17. The molecule has 1 aliphatic heterocycles. The lowest BCUT2D eigenvalue weighted by Crippen LogP contribution is -2.41. The van der Waals surface area contributed by atoms with Crippen molar-refractivity contribution in [1.82, 2.24) is 4.98 Å². The average molecular weight is 207 g/mol. The number of hydrogen-bond acceptors (Lipinski definition) is 4. The van der Waals surface area contributed by atoms with Gasteiger partial charge in [-0.15, -0.1) is 0 Å². The van der Waals surface area contributed by atoms with Crippen LogP contribution in [0.25, 0.3) is 0 Å². The summed E-state index contributed by atoms with van der Waals surface area (Å²) >= 11 is 0. The number of aromatic nitrogens is 1. The van der Waals surface area contributed by atoms with Gasteiger partial charge in [-0.2, -0.15) is 0 Å². The molecule has 4 nitrogen and oxygen atoms in total. The van der Waals surface area contributed by atoms with Crippen molar-refractivity contribution in [1.29, 1.82) is 0 Å². The van der Waals surface area contributed by atoms with Gasteiger partial charge < -0.3 is 15.0 Å². The van der Waals surface area contributed by atoms with Crippen LogP contribution >= 0.6 is 0 Å². The third kappa shape index (κ3) is 2.39. The summed E-state index contributed by atoms with van der Waals surface area (Å²) in [5.74, 6) is 1.03. The van der Waals surface area contributed by atoms with Crippen molar-refractivity contribution >= 4 is 11.5 Å². The van der Waals surface area contributed by atoms with E-state index in [2.05, 4.69) is 22.1 Å². The molecule has 0 unspecified atom stereocenters. The molecule has 0 aliphatic carbocycles. The van der Waals surface area contributed by atoms with Gasteiger partial charge in [-0.1, -0.05) is 0 Å². The first-order valence-corrected chi connectivity index (χ1v) is 5.30. The zero-order valence-electron chi connectivity index (χ0n) is 9.23. The summed E-state index contributed by atoms with van der Waals surface area (Å²) in [5.41, 5.74) is 1.04. The van der Waals surface area contributed by atoms with E-state index in [-0.39, 0.29) is 0 Å². The maximum Gasteiger partial charge on any atom is 0.128 e. The van der Waals surface area contributed by atoms with Gasteiger partial charge in [-0.25, -0.2) is 4.98 Å². The van der Waals surface area contributed by atoms with E-state index in [9.17, 15) is 0 Å². The van der Waals surface area contributed by atoms with Crippen molar-refractivity contribution in [2.75, 3.05) is 37.0 Å². The third-order valence-corrected chi connectivity index (χ3v) is 2.60. The van der Waals surface area contributed by atoms with Gasteiger partial charge in [-0.05, 0) is 19.1 Å². The summed E-state index contributed by atoms with van der Waals surface area (Å²) in [6, 6.07) is 4.09. The van der Waals surface area contributed by atoms with Crippen molar-refractivity contribution < 1.29 is 4.74 Å². The Bertz CT molecular complexity index is 312. The molecule has 1 aromatic heterocycles. The van der Waals surface area contributed by atoms with Crippen LogP contribution in [0.1, 0.15) is 6.92 Å². The molecule has 2 rings (SSSR count). The third-order valence-electron chi connectivity index (χ3n) is 2.60. The quantitative estimate of drug-likeness (QED) is 0.794. The first kappa shape index (κ1) is 10.2. The highest BCUT2D eigenvalue weighted by Crippen LogP contribution is 2.16. The monoisotopic (exact) mass is 207 g/mol. The molecule has 0 radical (unpaired) electrons. The van der Waals surface area contributed by atoms with E-state index in [0.717, 1.165) is 31.2 Å². The lowest BCUT2D eigenvalue weighted by molar-refractivity contribution is 0.0529. The number of ether oxygens (including phenoxy) is 1. The van der Waals surface area contributed by atoms with Crippen LogP contribution in [0.3, 0.4) is 0 Å². The summed E-state index contributed by atoms with van der Waals surface area (Å²) in [4.78, 5) is 6.67. The highest BCUT2D eigenvalue weighted by molar-refractivity contribution is 5.48. The van der Waals surface area contributed by atoms with E-state index in [0.29, 0.717) is 6.10 Å². The SMILES string of the molecule is CNc1ccc(N2CCO[C@H](C)C2)nc1. The minimum atomic E-state index is 0.296. The van der Waals surface area contributed by atoms with Gasteiger partial charge in [0.1, 0.15) is 5.82 Å². The maximum absolute atomic E-state index is 5.49. The molecule has 2 heterocycles. The molecule has 0 aromatic carbocycles. The molecule has 1 saturated heterocycles. The van der Waals surface area contributed by atoms with Gasteiger partial charge in [0.05, 0.1) is 24.6 Å². The summed E-state index contributed by atoms with van der Waals surface area (Å²) in [7, 11) is 1.90. The number of morpholine rings is 1. The smallest absolute Gasteiger partial charge is 0.128 e. The molecule has 4 heteroatoms. The van der Waals surface area contributed by atoms with Crippen LogP contribution in [0.5, 0.6) is 0 Å². The molecule has 0 saturated carbocycles. The first-order chi connectivity index (χ1) is 7.29. The van der Waals surface area contributed by atoms with Crippen molar-refractivity contribution in [3.05, 3.63) is 18.3 Å². The highest BCUT2D eigenvalue weighted by atomic mass is 16.5. The largest absolute Gasteiger partial charge is 0.387 e. The zero-order valence-corrected chi connectivity index (χ0v) is 9.23. The number of rotatable bonds is 2. The zero-order chi connectivity index (χ0) is 10.7. The van der Waals surface area contributed by atoms with Crippen LogP contribution in [0, 0.1) is 0 Å². The van der Waals surface area contributed by atoms with Gasteiger partial charge in [0.2, 0.25) is 0 Å². The number of anilines is 2. The predicted octanol–water partition coefficient (Wildman–Crippen LogP) is 1.35. The molecule has 0 amide bonds. The topological polar surface area (TPSA) is 37.4 Å². The van der Waals surface area contributed by atoms with E-state index in [4.69, 9.17) is 4.74 Å². The molecule has 15 heavy (non-hydrogen) atoms. The predicted molar refractivity (Wildman–Crippen MR) is 61.4 cm³/mol. The van der Waals surface area contributed by atoms with Gasteiger partial charge >= 0.3 is 0 Å². The first-order valence-electron chi connectivity index (χ1n) is 5.30. The Morgan fingerprint density at radius 1 is 1.53 bits per heavy atom. The average Bonchev–Trinajstić information content (AvgIpc) is 2.29. The minimum Gasteiger partial charge on any atom is -0.387 e. The Kier molecular flexibility index (Phi) is 3.06. The molecule has 1 atom stereocenters. The van der Waals surface area contributed by atoms with E-state index in [1.54, 1.807) is 0 Å². The fourth-order valence-electron chi connectivity index (χ4n) is 1.75. The second kappa shape index (κ2) is 4.49. The molecule has 1 N–H and O–H groups in total. The molecular formula is C11H17N3O. The van der Waals surface area contributed by atoms with E-state index < -0.39 is 0 Å². The van der Waals surface area contributed by atoms with Crippen LogP contribution in [-0.2, 0) is 4.74 Å². The van der Waals surface area contributed by atoms with Gasteiger partial charge in [0.15, 0.2) is 0 Å². The van der Waals surface area contributed by atoms with Crippen molar-refractivity contribution in [3.63, 3.8) is 0 Å². The van der Waals surface area contributed by atoms with E-state index in [1.807, 2.05) is 25.4 Å². The van der Waals surface area contributed by atoms with Crippen molar-refractivity contribution in [3.8, 4) is 0 Å². The normalized spacial score (nSPS) is 21.5. The van der Waals surface area contributed by atoms with Gasteiger partial charge in [-0.3, -0.25) is 0 Å². The van der Waals surface area contributed by atoms with Crippen LogP contribution in [0.15, 0.2) is 18.3 Å². The Hall–Kier alpha value is -1.29. The molecule has 1 aromatic rings. The summed E-state index contributed by atoms with van der Waals surface area (Å²) < 4.78 is 5.49. The van der Waals surface area contributed by atoms with Crippen LogP contribution in [0.2, 0.25) is 0 Å². The number of nitrogens with one attached hydrogen (secondary N) is 1. The molecule has 1 aliphatic rings. The standard InChI is InChI=1S/C11H17N3O/c1-9-8-14(5-6-15-9)11-4-3-10(12-2)7-13-11/h3-4,7,9,12H,5-6,8H2,1-2H3/t9-/m1/s1. The minimum absolute atomic E-state index is 0.296. The molecule has 0 spiro atoms. The lowest BCUT2D eigenvalue weighted by Gasteiger charge is -2.32. The van der Waals surface area contributed by atoms with E-state index in [1.165, 1.54) is 0 Å². The summed E-state index contributed by atoms with van der Waals surface area (Å²) in [6.07, 6.45) is 2.15. The second-order valence-electron chi connectivity index (χ2n) is 3.78. The van der Waals surface area contributed by atoms with Crippen LogP contribution in [-0.4, -0.2) is 37.8 Å². The van der Waals surface area contributed by atoms with E-state index >= 15 is 0 Å². The Morgan fingerprint density at radius 2 is 2.40 bits per heavy atom. The fourth-order valence-corrected chi connectivity index (χ4v) is 1.75. The van der Waals surface area contributed by atoms with Gasteiger partial charge in [0, 0.05) is 20.1 Å². The maximum atomic E-state index is 5.49. The molecule has 1 fully saturated rings. The fraction of sp³-hybridized carbons (Fsp3) is 0.545. The second-order valence-corrected chi connectivity index (χ2v) is 3.78. The Balaban J connectivity index is 2.07. The summed E-state index contributed by atoms with van der Waals surface area (Å²) in [6.45, 7) is 4.73. The van der Waals surface area contributed by atoms with Crippen molar-refractivity contribution in [2.24, 2.45) is 0 Å². The number of hydrogen-bond donors (Lipinski definition) is 1. The van der Waals surface area contributed by atoms with Gasteiger partial charge in [0.25, 0.3) is 0 Å². The van der Waals surface area contributed by atoms with Crippen LogP contribution < -0.4 is 10.2 Å². The number of pyridine rings is 1. The Morgan fingerprint density at radius 3 is 3.00 bits per heavy atom.